The second-order valence-corrected chi connectivity index (χ2v) is 8.08. The van der Waals surface area contributed by atoms with E-state index >= 15 is 0 Å². The minimum atomic E-state index is -3.95. The number of nitrogens with zero attached hydrogens (tertiary/aromatic N) is 3. The number of aromatic nitrogens is 3. The van der Waals surface area contributed by atoms with Crippen LogP contribution in [-0.4, -0.2) is 23.2 Å². The van der Waals surface area contributed by atoms with Crippen LogP contribution in [0.25, 0.3) is 11.4 Å². The van der Waals surface area contributed by atoms with Gasteiger partial charge in [0.2, 0.25) is 0 Å². The Hall–Kier alpha value is -1.40. The van der Waals surface area contributed by atoms with Crippen LogP contribution in [-0.2, 0) is 14.6 Å². The van der Waals surface area contributed by atoms with Crippen molar-refractivity contribution in [3.63, 3.8) is 0 Å². The third kappa shape index (κ3) is 2.86. The predicted molar refractivity (Wildman–Crippen MR) is 78.2 cm³/mol. The van der Waals surface area contributed by atoms with Gasteiger partial charge in [-0.05, 0) is 27.7 Å². The summed E-state index contributed by atoms with van der Waals surface area (Å²) in [5.74, 6) is 0.483. The van der Waals surface area contributed by atoms with E-state index < -0.39 is 14.6 Å². The fourth-order valence-corrected chi connectivity index (χ4v) is 2.94. The molecule has 7 heteroatoms. The van der Waals surface area contributed by atoms with Gasteiger partial charge in [0.15, 0.2) is 5.82 Å². The Morgan fingerprint density at radius 3 is 2.10 bits per heavy atom. The van der Waals surface area contributed by atoms with E-state index in [1.165, 1.54) is 0 Å². The normalized spacial score (nSPS) is 12.7. The molecular weight excluding hydrogens is 298 g/mol. The van der Waals surface area contributed by atoms with Crippen molar-refractivity contribution in [3.05, 3.63) is 29.8 Å². The van der Waals surface area contributed by atoms with Gasteiger partial charge in [0, 0.05) is 21.8 Å². The largest absolute Gasteiger partial charge is 0.296 e. The van der Waals surface area contributed by atoms with Crippen LogP contribution in [0.15, 0.2) is 29.4 Å². The van der Waals surface area contributed by atoms with Crippen LogP contribution in [0.3, 0.4) is 0 Å². The Morgan fingerprint density at radius 2 is 1.65 bits per heavy atom. The fourth-order valence-electron chi connectivity index (χ4n) is 1.92. The van der Waals surface area contributed by atoms with Crippen LogP contribution in [0, 0.1) is 6.92 Å². The van der Waals surface area contributed by atoms with Gasteiger partial charge in [-0.3, -0.25) is 4.57 Å². The quantitative estimate of drug-likeness (QED) is 0.800. The van der Waals surface area contributed by atoms with Gasteiger partial charge in [-0.15, -0.1) is 10.2 Å². The molecule has 0 amide bonds. The molecule has 1 aromatic heterocycles. The minimum absolute atomic E-state index is 0.234. The number of halogens is 1. The Labute approximate surface area is 123 Å². The van der Waals surface area contributed by atoms with Gasteiger partial charge >= 0.3 is 0 Å². The molecule has 108 valence electrons. The van der Waals surface area contributed by atoms with Gasteiger partial charge < -0.3 is 0 Å². The zero-order valence-corrected chi connectivity index (χ0v) is 13.3. The van der Waals surface area contributed by atoms with Crippen molar-refractivity contribution in [1.82, 2.24) is 14.8 Å². The molecule has 0 aliphatic rings. The second kappa shape index (κ2) is 4.86. The predicted octanol–water partition coefficient (Wildman–Crippen LogP) is 2.94. The molecule has 1 aromatic carbocycles. The Balaban J connectivity index is 2.72. The van der Waals surface area contributed by atoms with Crippen LogP contribution in [0.5, 0.6) is 0 Å². The molecule has 5 nitrogen and oxygen atoms in total. The van der Waals surface area contributed by atoms with Gasteiger partial charge in [-0.2, -0.15) is 0 Å². The number of rotatable bonds is 2. The first-order valence-electron chi connectivity index (χ1n) is 6.08. The minimum Gasteiger partial charge on any atom is -0.291 e. The van der Waals surface area contributed by atoms with Crippen LogP contribution < -0.4 is 0 Å². The first-order chi connectivity index (χ1) is 9.10. The zero-order valence-electron chi connectivity index (χ0n) is 11.8. The van der Waals surface area contributed by atoms with E-state index in [0.29, 0.717) is 5.82 Å². The molecule has 0 unspecified atom stereocenters. The monoisotopic (exact) mass is 313 g/mol. The molecule has 0 fully saturated rings. The van der Waals surface area contributed by atoms with Crippen LogP contribution >= 0.6 is 10.7 Å². The van der Waals surface area contributed by atoms with E-state index in [1.807, 2.05) is 52.0 Å². The molecule has 0 N–H and O–H groups in total. The highest BCUT2D eigenvalue weighted by Crippen LogP contribution is 2.29. The number of aryl methyl sites for hydroxylation is 1. The highest BCUT2D eigenvalue weighted by Gasteiger charge is 2.30. The zero-order chi connectivity index (χ0) is 15.1. The molecule has 0 saturated carbocycles. The average Bonchev–Trinajstić information content (AvgIpc) is 2.73. The molecule has 2 aromatic rings. The van der Waals surface area contributed by atoms with E-state index in [0.717, 1.165) is 11.1 Å². The van der Waals surface area contributed by atoms with Crippen LogP contribution in [0.1, 0.15) is 26.3 Å². The summed E-state index contributed by atoms with van der Waals surface area (Å²) in [5.41, 5.74) is 1.39. The van der Waals surface area contributed by atoms with E-state index in [1.54, 1.807) is 4.57 Å². The Morgan fingerprint density at radius 1 is 1.10 bits per heavy atom. The highest BCUT2D eigenvalue weighted by atomic mass is 35.7. The molecule has 1 heterocycles. The van der Waals surface area contributed by atoms with E-state index in [4.69, 9.17) is 10.7 Å². The molecule has 0 aliphatic heterocycles. The SMILES string of the molecule is Cc1ccc(-c2nnc(S(=O)(=O)Cl)n2C(C)(C)C)cc1. The lowest BCUT2D eigenvalue weighted by Gasteiger charge is -2.24. The smallest absolute Gasteiger partial charge is 0.291 e. The maximum Gasteiger partial charge on any atom is 0.296 e. The molecule has 0 atom stereocenters. The van der Waals surface area contributed by atoms with Gasteiger partial charge in [0.05, 0.1) is 0 Å². The van der Waals surface area contributed by atoms with Crippen molar-refractivity contribution in [2.45, 2.75) is 38.4 Å². The lowest BCUT2D eigenvalue weighted by Crippen LogP contribution is -2.25. The Kier molecular flexibility index (Phi) is 3.64. The second-order valence-electron chi connectivity index (χ2n) is 5.62. The van der Waals surface area contributed by atoms with Crippen molar-refractivity contribution < 1.29 is 8.42 Å². The van der Waals surface area contributed by atoms with Crippen LogP contribution in [0.2, 0.25) is 0 Å². The first kappa shape index (κ1) is 15.0. The van der Waals surface area contributed by atoms with Crippen molar-refractivity contribution in [3.8, 4) is 11.4 Å². The van der Waals surface area contributed by atoms with Crippen molar-refractivity contribution in [2.75, 3.05) is 0 Å². The molecule has 0 radical (unpaired) electrons. The summed E-state index contributed by atoms with van der Waals surface area (Å²) in [6, 6.07) is 7.64. The summed E-state index contributed by atoms with van der Waals surface area (Å²) in [5, 5.41) is 7.51. The maximum absolute atomic E-state index is 11.6. The number of hydrogen-bond acceptors (Lipinski definition) is 4. The number of benzene rings is 1. The maximum atomic E-state index is 11.6. The topological polar surface area (TPSA) is 64.8 Å². The average molecular weight is 314 g/mol. The van der Waals surface area contributed by atoms with Gasteiger partial charge in [-0.25, -0.2) is 8.42 Å². The molecule has 2 rings (SSSR count). The Bertz CT molecular complexity index is 728. The molecule has 0 spiro atoms. The first-order valence-corrected chi connectivity index (χ1v) is 8.39. The summed E-state index contributed by atoms with van der Waals surface area (Å²) in [7, 11) is 1.49. The van der Waals surface area contributed by atoms with Crippen molar-refractivity contribution >= 4 is 19.7 Å². The van der Waals surface area contributed by atoms with E-state index in [-0.39, 0.29) is 5.16 Å². The summed E-state index contributed by atoms with van der Waals surface area (Å²) in [4.78, 5) is 0. The lowest BCUT2D eigenvalue weighted by molar-refractivity contribution is 0.367. The molecule has 20 heavy (non-hydrogen) atoms. The molecule has 0 aliphatic carbocycles. The summed E-state index contributed by atoms with van der Waals surface area (Å²) >= 11 is 0. The van der Waals surface area contributed by atoms with E-state index in [9.17, 15) is 8.42 Å². The van der Waals surface area contributed by atoms with E-state index in [2.05, 4.69) is 10.2 Å². The highest BCUT2D eigenvalue weighted by molar-refractivity contribution is 8.13. The van der Waals surface area contributed by atoms with Crippen molar-refractivity contribution in [1.29, 1.82) is 0 Å². The summed E-state index contributed by atoms with van der Waals surface area (Å²) < 4.78 is 24.8. The van der Waals surface area contributed by atoms with Crippen LogP contribution in [0.4, 0.5) is 0 Å². The molecule has 0 bridgehead atoms. The standard InChI is InChI=1S/C13H16ClN3O2S/c1-9-5-7-10(8-6-9)11-15-16-12(20(14,18)19)17(11)13(2,3)4/h5-8H,1-4H3. The lowest BCUT2D eigenvalue weighted by atomic mass is 10.1. The molecular formula is C13H16ClN3O2S. The molecule has 0 saturated heterocycles. The van der Waals surface area contributed by atoms with Gasteiger partial charge in [0.1, 0.15) is 0 Å². The third-order valence-corrected chi connectivity index (χ3v) is 3.95. The fraction of sp³-hybridized carbons (Fsp3) is 0.385. The summed E-state index contributed by atoms with van der Waals surface area (Å²) in [6.07, 6.45) is 0. The number of hydrogen-bond donors (Lipinski definition) is 0. The third-order valence-electron chi connectivity index (χ3n) is 2.83. The van der Waals surface area contributed by atoms with Crippen molar-refractivity contribution in [2.24, 2.45) is 0 Å². The van der Waals surface area contributed by atoms with Gasteiger partial charge in [0.25, 0.3) is 14.2 Å². The van der Waals surface area contributed by atoms with Gasteiger partial charge in [-0.1, -0.05) is 29.8 Å². The summed E-state index contributed by atoms with van der Waals surface area (Å²) in [6.45, 7) is 7.60.